The van der Waals surface area contributed by atoms with Crippen LogP contribution in [-0.2, 0) is 9.47 Å². The van der Waals surface area contributed by atoms with E-state index in [1.165, 1.54) is 6.07 Å². The van der Waals surface area contributed by atoms with Crippen LogP contribution in [0.15, 0.2) is 12.3 Å². The van der Waals surface area contributed by atoms with E-state index in [4.69, 9.17) is 14.2 Å². The SMILES string of the molecule is CCOCCOCCOc1[nH]ccc1O. The maximum Gasteiger partial charge on any atom is 0.234 e. The minimum atomic E-state index is 0.115. The molecule has 5 nitrogen and oxygen atoms in total. The summed E-state index contributed by atoms with van der Waals surface area (Å²) in [7, 11) is 0. The Labute approximate surface area is 89.0 Å². The molecule has 1 heterocycles. The Morgan fingerprint density at radius 3 is 2.60 bits per heavy atom. The average Bonchev–Trinajstić information content (AvgIpc) is 2.63. The van der Waals surface area contributed by atoms with Crippen molar-refractivity contribution >= 4 is 0 Å². The molecule has 1 aromatic heterocycles. The van der Waals surface area contributed by atoms with Crippen molar-refractivity contribution in [2.45, 2.75) is 6.92 Å². The van der Waals surface area contributed by atoms with Crippen molar-refractivity contribution in [2.24, 2.45) is 0 Å². The van der Waals surface area contributed by atoms with Gasteiger partial charge in [0.25, 0.3) is 0 Å². The molecular weight excluding hydrogens is 198 g/mol. The number of hydrogen-bond donors (Lipinski definition) is 2. The molecule has 2 N–H and O–H groups in total. The molecule has 0 aromatic carbocycles. The Morgan fingerprint density at radius 2 is 1.93 bits per heavy atom. The third kappa shape index (κ3) is 4.71. The lowest BCUT2D eigenvalue weighted by molar-refractivity contribution is 0.0396. The molecule has 0 fully saturated rings. The molecule has 0 spiro atoms. The lowest BCUT2D eigenvalue weighted by Crippen LogP contribution is -2.10. The second-order valence-corrected chi connectivity index (χ2v) is 2.85. The maximum atomic E-state index is 9.21. The van der Waals surface area contributed by atoms with Gasteiger partial charge in [-0.25, -0.2) is 0 Å². The molecule has 0 saturated heterocycles. The second kappa shape index (κ2) is 7.14. The lowest BCUT2D eigenvalue weighted by Gasteiger charge is -2.05. The smallest absolute Gasteiger partial charge is 0.234 e. The van der Waals surface area contributed by atoms with E-state index in [0.717, 1.165) is 0 Å². The highest BCUT2D eigenvalue weighted by atomic mass is 16.5. The van der Waals surface area contributed by atoms with Gasteiger partial charge in [0, 0.05) is 18.9 Å². The minimum absolute atomic E-state index is 0.115. The largest absolute Gasteiger partial charge is 0.503 e. The highest BCUT2D eigenvalue weighted by molar-refractivity contribution is 5.31. The molecule has 0 atom stereocenters. The topological polar surface area (TPSA) is 63.7 Å². The van der Waals surface area contributed by atoms with Gasteiger partial charge in [-0.05, 0) is 6.92 Å². The molecule has 0 bridgehead atoms. The predicted molar refractivity (Wildman–Crippen MR) is 55.3 cm³/mol. The number of aromatic hydroxyl groups is 1. The summed E-state index contributed by atoms with van der Waals surface area (Å²) in [5.74, 6) is 0.493. The van der Waals surface area contributed by atoms with Gasteiger partial charge in [-0.15, -0.1) is 0 Å². The van der Waals surface area contributed by atoms with Gasteiger partial charge in [-0.2, -0.15) is 0 Å². The summed E-state index contributed by atoms with van der Waals surface area (Å²) in [6.07, 6.45) is 1.61. The zero-order chi connectivity index (χ0) is 10.9. The molecular formula is C10H17NO4. The normalized spacial score (nSPS) is 10.5. The number of H-pyrrole nitrogens is 1. The monoisotopic (exact) mass is 215 g/mol. The highest BCUT2D eigenvalue weighted by Crippen LogP contribution is 2.22. The van der Waals surface area contributed by atoms with Gasteiger partial charge in [0.05, 0.1) is 19.8 Å². The van der Waals surface area contributed by atoms with Crippen LogP contribution in [0.2, 0.25) is 0 Å². The van der Waals surface area contributed by atoms with Gasteiger partial charge in [0.15, 0.2) is 5.75 Å². The molecule has 0 radical (unpaired) electrons. The molecule has 5 heteroatoms. The van der Waals surface area contributed by atoms with E-state index in [-0.39, 0.29) is 5.75 Å². The molecule has 0 amide bonds. The Bertz CT molecular complexity index is 262. The molecule has 0 aliphatic rings. The van der Waals surface area contributed by atoms with Gasteiger partial charge in [0.1, 0.15) is 6.61 Å². The number of ether oxygens (including phenoxy) is 3. The molecule has 86 valence electrons. The van der Waals surface area contributed by atoms with Crippen LogP contribution in [0.25, 0.3) is 0 Å². The zero-order valence-corrected chi connectivity index (χ0v) is 8.86. The predicted octanol–water partition coefficient (Wildman–Crippen LogP) is 1.15. The first-order valence-electron chi connectivity index (χ1n) is 4.99. The zero-order valence-electron chi connectivity index (χ0n) is 8.86. The molecule has 0 aliphatic heterocycles. The van der Waals surface area contributed by atoms with E-state index < -0.39 is 0 Å². The number of rotatable bonds is 8. The van der Waals surface area contributed by atoms with Gasteiger partial charge in [-0.1, -0.05) is 0 Å². The van der Waals surface area contributed by atoms with E-state index in [0.29, 0.717) is 38.9 Å². The molecule has 0 saturated carbocycles. The summed E-state index contributed by atoms with van der Waals surface area (Å²) in [5.41, 5.74) is 0. The van der Waals surface area contributed by atoms with Crippen LogP contribution >= 0.6 is 0 Å². The van der Waals surface area contributed by atoms with Crippen LogP contribution < -0.4 is 4.74 Å². The lowest BCUT2D eigenvalue weighted by atomic mass is 10.6. The molecule has 0 aliphatic carbocycles. The Hall–Kier alpha value is -1.20. The molecule has 1 rings (SSSR count). The number of nitrogens with one attached hydrogen (secondary N) is 1. The summed E-state index contributed by atoms with van der Waals surface area (Å²) in [6.45, 7) is 4.69. The van der Waals surface area contributed by atoms with E-state index >= 15 is 0 Å². The molecule has 15 heavy (non-hydrogen) atoms. The fraction of sp³-hybridized carbons (Fsp3) is 0.600. The Morgan fingerprint density at radius 1 is 1.20 bits per heavy atom. The number of hydrogen-bond acceptors (Lipinski definition) is 4. The Kier molecular flexibility index (Phi) is 5.65. The van der Waals surface area contributed by atoms with Crippen LogP contribution in [0, 0.1) is 0 Å². The summed E-state index contributed by atoms with van der Waals surface area (Å²) in [6, 6.07) is 1.53. The van der Waals surface area contributed by atoms with Crippen molar-refractivity contribution in [2.75, 3.05) is 33.0 Å². The first kappa shape index (κ1) is 11.9. The van der Waals surface area contributed by atoms with Crippen molar-refractivity contribution in [1.29, 1.82) is 0 Å². The van der Waals surface area contributed by atoms with E-state index in [2.05, 4.69) is 4.98 Å². The average molecular weight is 215 g/mol. The first-order chi connectivity index (χ1) is 7.34. The van der Waals surface area contributed by atoms with Crippen LogP contribution in [0.5, 0.6) is 11.6 Å². The maximum absolute atomic E-state index is 9.21. The quantitative estimate of drug-likeness (QED) is 0.638. The van der Waals surface area contributed by atoms with Crippen LogP contribution in [-0.4, -0.2) is 43.1 Å². The van der Waals surface area contributed by atoms with Crippen LogP contribution in [0.4, 0.5) is 0 Å². The minimum Gasteiger partial charge on any atom is -0.503 e. The van der Waals surface area contributed by atoms with Gasteiger partial charge in [0.2, 0.25) is 5.88 Å². The first-order valence-corrected chi connectivity index (χ1v) is 4.99. The van der Waals surface area contributed by atoms with Crippen molar-refractivity contribution in [1.82, 2.24) is 4.98 Å². The van der Waals surface area contributed by atoms with E-state index in [9.17, 15) is 5.11 Å². The van der Waals surface area contributed by atoms with E-state index in [1.807, 2.05) is 6.92 Å². The van der Waals surface area contributed by atoms with Gasteiger partial charge >= 0.3 is 0 Å². The van der Waals surface area contributed by atoms with Gasteiger partial charge in [-0.3, -0.25) is 0 Å². The standard InChI is InChI=1S/C10H17NO4/c1-2-13-5-6-14-7-8-15-10-9(12)3-4-11-10/h3-4,11-12H,2,5-8H2,1H3. The third-order valence-electron chi connectivity index (χ3n) is 1.74. The summed E-state index contributed by atoms with van der Waals surface area (Å²) in [5, 5.41) is 9.21. The van der Waals surface area contributed by atoms with Crippen molar-refractivity contribution < 1.29 is 19.3 Å². The molecule has 1 aromatic rings. The number of aromatic nitrogens is 1. The van der Waals surface area contributed by atoms with Crippen molar-refractivity contribution in [3.05, 3.63) is 12.3 Å². The van der Waals surface area contributed by atoms with E-state index in [1.54, 1.807) is 6.20 Å². The summed E-state index contributed by atoms with van der Waals surface area (Å²) < 4.78 is 15.5. The van der Waals surface area contributed by atoms with Gasteiger partial charge < -0.3 is 24.3 Å². The van der Waals surface area contributed by atoms with Crippen molar-refractivity contribution in [3.8, 4) is 11.6 Å². The third-order valence-corrected chi connectivity index (χ3v) is 1.74. The fourth-order valence-electron chi connectivity index (χ4n) is 1.03. The van der Waals surface area contributed by atoms with Crippen molar-refractivity contribution in [3.63, 3.8) is 0 Å². The highest BCUT2D eigenvalue weighted by Gasteiger charge is 2.01. The van der Waals surface area contributed by atoms with Crippen LogP contribution in [0.1, 0.15) is 6.92 Å². The summed E-state index contributed by atoms with van der Waals surface area (Å²) in [4.78, 5) is 2.76. The fourth-order valence-corrected chi connectivity index (χ4v) is 1.03. The Balaban J connectivity index is 1.96. The summed E-state index contributed by atoms with van der Waals surface area (Å²) >= 11 is 0. The second-order valence-electron chi connectivity index (χ2n) is 2.85. The number of aromatic amines is 1. The molecule has 0 unspecified atom stereocenters. The van der Waals surface area contributed by atoms with Crippen LogP contribution in [0.3, 0.4) is 0 Å².